The minimum atomic E-state index is -1.02. The largest absolute Gasteiger partial charge is 0.480 e. The molecule has 1 aromatic rings. The fourth-order valence-electron chi connectivity index (χ4n) is 1.65. The second-order valence-corrected chi connectivity index (χ2v) is 4.68. The van der Waals surface area contributed by atoms with E-state index in [-0.39, 0.29) is 18.4 Å². The van der Waals surface area contributed by atoms with Gasteiger partial charge in [0, 0.05) is 12.6 Å². The van der Waals surface area contributed by atoms with Crippen molar-refractivity contribution in [1.29, 1.82) is 0 Å². The summed E-state index contributed by atoms with van der Waals surface area (Å²) in [7, 11) is 0. The Labute approximate surface area is 113 Å². The van der Waals surface area contributed by atoms with Crippen LogP contribution < -0.4 is 10.6 Å². The fourth-order valence-corrected chi connectivity index (χ4v) is 1.65. The van der Waals surface area contributed by atoms with E-state index in [4.69, 9.17) is 5.11 Å². The average Bonchev–Trinajstić information content (AvgIpc) is 2.34. The van der Waals surface area contributed by atoms with Crippen molar-refractivity contribution in [1.82, 2.24) is 10.6 Å². The zero-order valence-corrected chi connectivity index (χ0v) is 11.2. The number of benzene rings is 1. The molecule has 0 aliphatic carbocycles. The van der Waals surface area contributed by atoms with Gasteiger partial charge in [-0.1, -0.05) is 30.3 Å². The van der Waals surface area contributed by atoms with Gasteiger partial charge < -0.3 is 10.4 Å². The molecule has 1 aromatic carbocycles. The van der Waals surface area contributed by atoms with Crippen molar-refractivity contribution in [2.75, 3.05) is 0 Å². The number of amides is 1. The van der Waals surface area contributed by atoms with Crippen molar-refractivity contribution in [3.63, 3.8) is 0 Å². The molecule has 1 amide bonds. The summed E-state index contributed by atoms with van der Waals surface area (Å²) in [5, 5.41) is 14.7. The third-order valence-corrected chi connectivity index (χ3v) is 2.53. The fraction of sp³-hybridized carbons (Fsp3) is 0.429. The first kappa shape index (κ1) is 15.2. The monoisotopic (exact) mass is 264 g/mol. The van der Waals surface area contributed by atoms with Crippen molar-refractivity contribution >= 4 is 11.9 Å². The third-order valence-electron chi connectivity index (χ3n) is 2.53. The van der Waals surface area contributed by atoms with Crippen LogP contribution in [-0.2, 0) is 16.1 Å². The molecule has 104 valence electrons. The van der Waals surface area contributed by atoms with Crippen molar-refractivity contribution < 1.29 is 14.7 Å². The molecule has 0 spiro atoms. The number of carbonyl (C=O) groups excluding carboxylic acids is 1. The number of hydrogen-bond acceptors (Lipinski definition) is 3. The van der Waals surface area contributed by atoms with Crippen LogP contribution in [0.2, 0.25) is 0 Å². The van der Waals surface area contributed by atoms with Crippen LogP contribution in [0.5, 0.6) is 0 Å². The van der Waals surface area contributed by atoms with Gasteiger partial charge in [-0.05, 0) is 19.4 Å². The van der Waals surface area contributed by atoms with Crippen molar-refractivity contribution in [3.05, 3.63) is 35.9 Å². The number of aliphatic carboxylic acids is 1. The summed E-state index contributed by atoms with van der Waals surface area (Å²) < 4.78 is 0. The SMILES string of the molecule is CC(C)NC(=O)C[C@H](NCc1ccccc1)C(=O)O. The molecule has 0 aliphatic rings. The molecule has 0 radical (unpaired) electrons. The van der Waals surface area contributed by atoms with E-state index >= 15 is 0 Å². The highest BCUT2D eigenvalue weighted by Gasteiger charge is 2.20. The lowest BCUT2D eigenvalue weighted by atomic mass is 10.1. The molecule has 3 N–H and O–H groups in total. The highest BCUT2D eigenvalue weighted by molar-refractivity contribution is 5.84. The normalized spacial score (nSPS) is 12.2. The van der Waals surface area contributed by atoms with Gasteiger partial charge in [0.15, 0.2) is 0 Å². The maximum atomic E-state index is 11.6. The summed E-state index contributed by atoms with van der Waals surface area (Å²) in [5.41, 5.74) is 0.984. The first-order valence-electron chi connectivity index (χ1n) is 6.28. The molecule has 0 aromatic heterocycles. The maximum absolute atomic E-state index is 11.6. The van der Waals surface area contributed by atoms with Crippen LogP contribution >= 0.6 is 0 Å². The second kappa shape index (κ2) is 7.53. The van der Waals surface area contributed by atoms with Gasteiger partial charge in [0.05, 0.1) is 6.42 Å². The van der Waals surface area contributed by atoms with Crippen molar-refractivity contribution in [2.45, 2.75) is 38.9 Å². The topological polar surface area (TPSA) is 78.4 Å². The van der Waals surface area contributed by atoms with Gasteiger partial charge in [-0.15, -0.1) is 0 Å². The van der Waals surface area contributed by atoms with Crippen LogP contribution in [0.15, 0.2) is 30.3 Å². The standard InChI is InChI=1S/C14H20N2O3/c1-10(2)16-13(17)8-12(14(18)19)15-9-11-6-4-3-5-7-11/h3-7,10,12,15H,8-9H2,1-2H3,(H,16,17)(H,18,19)/t12-/m0/s1. The first-order chi connectivity index (χ1) is 8.99. The van der Waals surface area contributed by atoms with E-state index in [1.807, 2.05) is 44.2 Å². The van der Waals surface area contributed by atoms with Gasteiger partial charge in [0.2, 0.25) is 5.91 Å². The molecule has 0 saturated heterocycles. The highest BCUT2D eigenvalue weighted by Crippen LogP contribution is 2.00. The number of rotatable bonds is 7. The van der Waals surface area contributed by atoms with Gasteiger partial charge in [-0.3, -0.25) is 14.9 Å². The van der Waals surface area contributed by atoms with E-state index in [0.717, 1.165) is 5.56 Å². The van der Waals surface area contributed by atoms with E-state index in [1.165, 1.54) is 0 Å². The quantitative estimate of drug-likeness (QED) is 0.690. The number of carboxylic acids is 1. The predicted octanol–water partition coefficient (Wildman–Crippen LogP) is 1.14. The Morgan fingerprint density at radius 1 is 1.21 bits per heavy atom. The Hall–Kier alpha value is -1.88. The van der Waals surface area contributed by atoms with Crippen molar-refractivity contribution in [2.24, 2.45) is 0 Å². The number of carbonyl (C=O) groups is 2. The Bertz CT molecular complexity index is 418. The van der Waals surface area contributed by atoms with E-state index in [1.54, 1.807) is 0 Å². The van der Waals surface area contributed by atoms with Gasteiger partial charge in [0.1, 0.15) is 6.04 Å². The molecular weight excluding hydrogens is 244 g/mol. The molecule has 5 heteroatoms. The lowest BCUT2D eigenvalue weighted by Crippen LogP contribution is -2.42. The molecular formula is C14H20N2O3. The van der Waals surface area contributed by atoms with E-state index in [2.05, 4.69) is 10.6 Å². The van der Waals surface area contributed by atoms with Crippen LogP contribution in [0.4, 0.5) is 0 Å². The summed E-state index contributed by atoms with van der Waals surface area (Å²) in [4.78, 5) is 22.7. The average molecular weight is 264 g/mol. The second-order valence-electron chi connectivity index (χ2n) is 4.68. The molecule has 0 saturated carbocycles. The van der Waals surface area contributed by atoms with Crippen molar-refractivity contribution in [3.8, 4) is 0 Å². The van der Waals surface area contributed by atoms with Gasteiger partial charge in [-0.25, -0.2) is 0 Å². The highest BCUT2D eigenvalue weighted by atomic mass is 16.4. The Kier molecular flexibility index (Phi) is 6.02. The summed E-state index contributed by atoms with van der Waals surface area (Å²) in [5.74, 6) is -1.28. The summed E-state index contributed by atoms with van der Waals surface area (Å²) in [6.07, 6.45) is -0.0691. The minimum Gasteiger partial charge on any atom is -0.480 e. The summed E-state index contributed by atoms with van der Waals surface area (Å²) in [6, 6.07) is 8.61. The smallest absolute Gasteiger partial charge is 0.321 e. The summed E-state index contributed by atoms with van der Waals surface area (Å²) in [6.45, 7) is 4.10. The number of nitrogens with one attached hydrogen (secondary N) is 2. The molecule has 1 rings (SSSR count). The van der Waals surface area contributed by atoms with Crippen LogP contribution in [0.3, 0.4) is 0 Å². The first-order valence-corrected chi connectivity index (χ1v) is 6.28. The Morgan fingerprint density at radius 2 is 1.84 bits per heavy atom. The third kappa shape index (κ3) is 6.01. The van der Waals surface area contributed by atoms with Crippen LogP contribution in [0.25, 0.3) is 0 Å². The van der Waals surface area contributed by atoms with E-state index in [0.29, 0.717) is 6.54 Å². The molecule has 0 heterocycles. The van der Waals surface area contributed by atoms with Crippen LogP contribution in [-0.4, -0.2) is 29.1 Å². The van der Waals surface area contributed by atoms with Crippen LogP contribution in [0.1, 0.15) is 25.8 Å². The van der Waals surface area contributed by atoms with Gasteiger partial charge >= 0.3 is 5.97 Å². The minimum absolute atomic E-state index is 0.0102. The molecule has 0 bridgehead atoms. The number of carboxylic acid groups (broad SMARTS) is 1. The lowest BCUT2D eigenvalue weighted by Gasteiger charge is -2.15. The zero-order chi connectivity index (χ0) is 14.3. The lowest BCUT2D eigenvalue weighted by molar-refractivity contribution is -0.141. The van der Waals surface area contributed by atoms with Gasteiger partial charge in [0.25, 0.3) is 0 Å². The zero-order valence-electron chi connectivity index (χ0n) is 11.2. The molecule has 1 atom stereocenters. The Balaban J connectivity index is 2.49. The van der Waals surface area contributed by atoms with Gasteiger partial charge in [-0.2, -0.15) is 0 Å². The molecule has 5 nitrogen and oxygen atoms in total. The Morgan fingerprint density at radius 3 is 2.37 bits per heavy atom. The molecule has 19 heavy (non-hydrogen) atoms. The van der Waals surface area contributed by atoms with E-state index < -0.39 is 12.0 Å². The maximum Gasteiger partial charge on any atom is 0.321 e. The molecule has 0 unspecified atom stereocenters. The molecule has 0 fully saturated rings. The van der Waals surface area contributed by atoms with E-state index in [9.17, 15) is 9.59 Å². The molecule has 0 aliphatic heterocycles. The summed E-state index contributed by atoms with van der Waals surface area (Å²) >= 11 is 0. The van der Waals surface area contributed by atoms with Crippen LogP contribution in [0, 0.1) is 0 Å². The number of hydrogen-bond donors (Lipinski definition) is 3. The predicted molar refractivity (Wildman–Crippen MR) is 72.6 cm³/mol.